The average Bonchev–Trinajstić information content (AvgIpc) is 2.91. The second kappa shape index (κ2) is 4.47. The van der Waals surface area contributed by atoms with E-state index >= 15 is 0 Å². The molecule has 0 atom stereocenters. The Morgan fingerprint density at radius 1 is 1.17 bits per heavy atom. The molecule has 6 heteroatoms. The predicted molar refractivity (Wildman–Crippen MR) is 84.8 cm³/mol. The van der Waals surface area contributed by atoms with Crippen LogP contribution in [0.5, 0.6) is 0 Å². The van der Waals surface area contributed by atoms with Gasteiger partial charge in [-0.1, -0.05) is 11.6 Å². The number of aromatic carboxylic acids is 1. The first kappa shape index (κ1) is 13.8. The van der Waals surface area contributed by atoms with E-state index in [1.54, 1.807) is 0 Å². The maximum Gasteiger partial charge on any atom is 0.356 e. The fourth-order valence-corrected chi connectivity index (χ4v) is 5.97. The zero-order chi connectivity index (χ0) is 15.8. The van der Waals surface area contributed by atoms with Crippen molar-refractivity contribution in [2.24, 2.45) is 17.8 Å². The molecule has 23 heavy (non-hydrogen) atoms. The summed E-state index contributed by atoms with van der Waals surface area (Å²) in [5.41, 5.74) is 1.72. The Hall–Kier alpha value is -1.62. The number of aromatic nitrogens is 3. The second-order valence-electron chi connectivity index (χ2n) is 7.77. The summed E-state index contributed by atoms with van der Waals surface area (Å²) in [5.74, 6) is 1.44. The van der Waals surface area contributed by atoms with Crippen LogP contribution in [0.4, 0.5) is 0 Å². The molecule has 4 aliphatic rings. The number of carboxylic acids is 1. The van der Waals surface area contributed by atoms with Crippen molar-refractivity contribution in [1.29, 1.82) is 0 Å². The van der Waals surface area contributed by atoms with Crippen molar-refractivity contribution in [2.45, 2.75) is 43.9 Å². The van der Waals surface area contributed by atoms with E-state index in [4.69, 9.17) is 21.7 Å². The van der Waals surface area contributed by atoms with E-state index in [-0.39, 0.29) is 11.1 Å². The quantitative estimate of drug-likeness (QED) is 0.854. The van der Waals surface area contributed by atoms with Gasteiger partial charge in [0.25, 0.3) is 0 Å². The number of hydrogen-bond donors (Lipinski definition) is 1. The van der Waals surface area contributed by atoms with Gasteiger partial charge < -0.3 is 5.11 Å². The molecular formula is C17H18ClN3O2. The molecule has 2 aromatic rings. The first-order valence-electron chi connectivity index (χ1n) is 8.32. The lowest BCUT2D eigenvalue weighted by atomic mass is 9.49. The number of nitrogens with zero attached hydrogens (tertiary/aromatic N) is 3. The molecule has 0 radical (unpaired) electrons. The zero-order valence-electron chi connectivity index (χ0n) is 12.7. The summed E-state index contributed by atoms with van der Waals surface area (Å²) in [5, 5.41) is 13.6. The van der Waals surface area contributed by atoms with Gasteiger partial charge in [0.1, 0.15) is 5.15 Å². The van der Waals surface area contributed by atoms with Crippen molar-refractivity contribution < 1.29 is 9.90 Å². The maximum absolute atomic E-state index is 11.1. The molecular weight excluding hydrogens is 314 g/mol. The van der Waals surface area contributed by atoms with Crippen LogP contribution in [0.1, 0.15) is 54.7 Å². The average molecular weight is 332 g/mol. The van der Waals surface area contributed by atoms with Gasteiger partial charge in [-0.2, -0.15) is 5.10 Å². The molecule has 2 heterocycles. The van der Waals surface area contributed by atoms with Crippen molar-refractivity contribution in [2.75, 3.05) is 0 Å². The van der Waals surface area contributed by atoms with Crippen molar-refractivity contribution in [1.82, 2.24) is 14.6 Å². The molecule has 4 fully saturated rings. The highest BCUT2D eigenvalue weighted by molar-refractivity contribution is 6.29. The van der Waals surface area contributed by atoms with Crippen LogP contribution in [0.2, 0.25) is 5.15 Å². The van der Waals surface area contributed by atoms with Crippen LogP contribution in [0.25, 0.3) is 5.65 Å². The van der Waals surface area contributed by atoms with Gasteiger partial charge in [-0.05, 0) is 62.3 Å². The van der Waals surface area contributed by atoms with Crippen LogP contribution in [-0.4, -0.2) is 25.7 Å². The molecule has 0 unspecified atom stereocenters. The van der Waals surface area contributed by atoms with Gasteiger partial charge in [0.15, 0.2) is 11.3 Å². The van der Waals surface area contributed by atoms with Gasteiger partial charge in [0.05, 0.1) is 5.69 Å². The third kappa shape index (κ3) is 1.95. The fourth-order valence-electron chi connectivity index (χ4n) is 5.74. The minimum absolute atomic E-state index is 0.0120. The van der Waals surface area contributed by atoms with Gasteiger partial charge in [0, 0.05) is 11.5 Å². The molecule has 6 rings (SSSR count). The first-order valence-corrected chi connectivity index (χ1v) is 8.70. The standard InChI is InChI=1S/C17H18ClN3O2/c18-14-5-13(19-15-4-12(16(22)23)20-21(14)15)17-6-9-1-10(7-17)3-11(2-9)8-17/h4-5,9-11H,1-3,6-8H2,(H,22,23). The third-order valence-corrected chi connectivity index (χ3v) is 6.45. The van der Waals surface area contributed by atoms with E-state index in [1.807, 2.05) is 6.07 Å². The smallest absolute Gasteiger partial charge is 0.356 e. The molecule has 4 saturated carbocycles. The highest BCUT2D eigenvalue weighted by atomic mass is 35.5. The van der Waals surface area contributed by atoms with Crippen LogP contribution >= 0.6 is 11.6 Å². The summed E-state index contributed by atoms with van der Waals surface area (Å²) in [6.07, 6.45) is 7.76. The fraction of sp³-hybridized carbons (Fsp3) is 0.588. The van der Waals surface area contributed by atoms with E-state index in [2.05, 4.69) is 5.10 Å². The largest absolute Gasteiger partial charge is 0.476 e. The van der Waals surface area contributed by atoms with Crippen LogP contribution in [0.15, 0.2) is 12.1 Å². The Labute approximate surface area is 138 Å². The highest BCUT2D eigenvalue weighted by Gasteiger charge is 2.52. The minimum atomic E-state index is -1.05. The number of fused-ring (bicyclic) bond motifs is 1. The summed E-state index contributed by atoms with van der Waals surface area (Å²) in [7, 11) is 0. The lowest BCUT2D eigenvalue weighted by Gasteiger charge is -2.56. The lowest BCUT2D eigenvalue weighted by molar-refractivity contribution is -0.00714. The molecule has 4 aliphatic carbocycles. The summed E-state index contributed by atoms with van der Waals surface area (Å²) >= 11 is 6.39. The van der Waals surface area contributed by atoms with Gasteiger partial charge in [-0.25, -0.2) is 14.3 Å². The van der Waals surface area contributed by atoms with Crippen LogP contribution in [0, 0.1) is 17.8 Å². The van der Waals surface area contributed by atoms with E-state index in [0.717, 1.165) is 23.4 Å². The van der Waals surface area contributed by atoms with E-state index < -0.39 is 5.97 Å². The van der Waals surface area contributed by atoms with Crippen LogP contribution in [-0.2, 0) is 5.41 Å². The number of rotatable bonds is 2. The molecule has 5 nitrogen and oxygen atoms in total. The topological polar surface area (TPSA) is 67.5 Å². The third-order valence-electron chi connectivity index (χ3n) is 6.18. The number of halogens is 1. The second-order valence-corrected chi connectivity index (χ2v) is 8.15. The summed E-state index contributed by atoms with van der Waals surface area (Å²) in [6, 6.07) is 3.43. The van der Waals surface area contributed by atoms with Crippen molar-refractivity contribution in [3.8, 4) is 0 Å². The number of carboxylic acid groups (broad SMARTS) is 1. The maximum atomic E-state index is 11.1. The predicted octanol–water partition coefficient (Wildman–Crippen LogP) is 3.55. The molecule has 0 amide bonds. The zero-order valence-corrected chi connectivity index (χ0v) is 13.5. The highest BCUT2D eigenvalue weighted by Crippen LogP contribution is 2.60. The summed E-state index contributed by atoms with van der Waals surface area (Å²) in [6.45, 7) is 0. The SMILES string of the molecule is O=C(O)c1cc2nc(C34CC5CC(CC(C5)C3)C4)cc(Cl)n2n1. The normalized spacial score (nSPS) is 35.1. The Kier molecular flexibility index (Phi) is 2.68. The van der Waals surface area contributed by atoms with Crippen molar-refractivity contribution >= 4 is 23.2 Å². The Morgan fingerprint density at radius 3 is 2.35 bits per heavy atom. The molecule has 0 saturated heterocycles. The Balaban J connectivity index is 1.64. The molecule has 120 valence electrons. The molecule has 4 bridgehead atoms. The van der Waals surface area contributed by atoms with Gasteiger partial charge in [0.2, 0.25) is 0 Å². The summed E-state index contributed by atoms with van der Waals surface area (Å²) in [4.78, 5) is 15.9. The molecule has 1 N–H and O–H groups in total. The van der Waals surface area contributed by atoms with E-state index in [0.29, 0.717) is 10.8 Å². The van der Waals surface area contributed by atoms with Crippen LogP contribution in [0.3, 0.4) is 0 Å². The van der Waals surface area contributed by atoms with E-state index in [9.17, 15) is 4.79 Å². The molecule has 2 aromatic heterocycles. The van der Waals surface area contributed by atoms with Gasteiger partial charge in [-0.15, -0.1) is 0 Å². The Bertz CT molecular complexity index is 793. The minimum Gasteiger partial charge on any atom is -0.476 e. The van der Waals surface area contributed by atoms with Gasteiger partial charge in [-0.3, -0.25) is 0 Å². The van der Waals surface area contributed by atoms with Crippen molar-refractivity contribution in [3.05, 3.63) is 28.7 Å². The van der Waals surface area contributed by atoms with Gasteiger partial charge >= 0.3 is 5.97 Å². The monoisotopic (exact) mass is 331 g/mol. The summed E-state index contributed by atoms with van der Waals surface area (Å²) < 4.78 is 1.43. The van der Waals surface area contributed by atoms with Crippen molar-refractivity contribution in [3.63, 3.8) is 0 Å². The van der Waals surface area contributed by atoms with Crippen LogP contribution < -0.4 is 0 Å². The molecule has 0 spiro atoms. The number of carbonyl (C=O) groups is 1. The first-order chi connectivity index (χ1) is 11.0. The number of hydrogen-bond acceptors (Lipinski definition) is 3. The van der Waals surface area contributed by atoms with E-state index in [1.165, 1.54) is 49.1 Å². The molecule has 0 aliphatic heterocycles. The molecule has 0 aromatic carbocycles. The Morgan fingerprint density at radius 2 is 1.78 bits per heavy atom. The lowest BCUT2D eigenvalue weighted by Crippen LogP contribution is -2.49.